The molecule has 10 nitrogen and oxygen atoms in total. The topological polar surface area (TPSA) is 109 Å². The van der Waals surface area contributed by atoms with Crippen molar-refractivity contribution in [3.63, 3.8) is 0 Å². The third-order valence-electron chi connectivity index (χ3n) is 4.70. The number of amides is 1. The summed E-state index contributed by atoms with van der Waals surface area (Å²) < 4.78 is 14.3. The Kier molecular flexibility index (Phi) is 4.38. The quantitative estimate of drug-likeness (QED) is 0.635. The third kappa shape index (κ3) is 3.02. The first kappa shape index (κ1) is 17.8. The molecule has 1 aromatic carbocycles. The SMILES string of the molecule is Cn1c(=O)c2c(ncn2CC(=O)NCCc2ccc3c(c2)OCO3)n(C)c1=O. The van der Waals surface area contributed by atoms with Crippen LogP contribution >= 0.6 is 0 Å². The number of fused-ring (bicyclic) bond motifs is 2. The summed E-state index contributed by atoms with van der Waals surface area (Å²) in [6.45, 7) is 0.589. The average Bonchev–Trinajstić information content (AvgIpc) is 3.31. The number of nitrogens with one attached hydrogen (secondary N) is 1. The highest BCUT2D eigenvalue weighted by Gasteiger charge is 2.16. The lowest BCUT2D eigenvalue weighted by Crippen LogP contribution is -2.38. The van der Waals surface area contributed by atoms with Crippen LogP contribution in [-0.2, 0) is 31.9 Å². The van der Waals surface area contributed by atoms with E-state index in [0.717, 1.165) is 15.9 Å². The summed E-state index contributed by atoms with van der Waals surface area (Å²) in [7, 11) is 2.93. The number of carbonyl (C=O) groups is 1. The summed E-state index contributed by atoms with van der Waals surface area (Å²) in [6, 6.07) is 5.66. The van der Waals surface area contributed by atoms with Crippen LogP contribution in [0.3, 0.4) is 0 Å². The fraction of sp³-hybridized carbons (Fsp3) is 0.333. The molecule has 1 aliphatic rings. The number of aryl methyl sites for hydroxylation is 1. The first-order valence-electron chi connectivity index (χ1n) is 8.72. The molecule has 2 aromatic heterocycles. The van der Waals surface area contributed by atoms with E-state index >= 15 is 0 Å². The third-order valence-corrected chi connectivity index (χ3v) is 4.70. The zero-order valence-electron chi connectivity index (χ0n) is 15.5. The maximum Gasteiger partial charge on any atom is 0.332 e. The molecule has 10 heteroatoms. The predicted molar refractivity (Wildman–Crippen MR) is 99.5 cm³/mol. The van der Waals surface area contributed by atoms with E-state index in [4.69, 9.17) is 9.47 Å². The Bertz CT molecular complexity index is 1190. The summed E-state index contributed by atoms with van der Waals surface area (Å²) in [4.78, 5) is 40.8. The van der Waals surface area contributed by atoms with E-state index < -0.39 is 11.2 Å². The summed E-state index contributed by atoms with van der Waals surface area (Å²) in [6.07, 6.45) is 2.02. The van der Waals surface area contributed by atoms with Gasteiger partial charge >= 0.3 is 5.69 Å². The molecule has 0 atom stereocenters. The van der Waals surface area contributed by atoms with Crippen LogP contribution in [0.1, 0.15) is 5.56 Å². The summed E-state index contributed by atoms with van der Waals surface area (Å²) >= 11 is 0. The number of benzene rings is 1. The van der Waals surface area contributed by atoms with Gasteiger partial charge in [-0.05, 0) is 24.1 Å². The van der Waals surface area contributed by atoms with Crippen LogP contribution in [0.25, 0.3) is 11.2 Å². The molecule has 0 spiro atoms. The van der Waals surface area contributed by atoms with Crippen molar-refractivity contribution >= 4 is 17.1 Å². The van der Waals surface area contributed by atoms with Gasteiger partial charge in [-0.3, -0.25) is 18.7 Å². The molecule has 28 heavy (non-hydrogen) atoms. The van der Waals surface area contributed by atoms with E-state index in [9.17, 15) is 14.4 Å². The fourth-order valence-electron chi connectivity index (χ4n) is 3.17. The molecule has 0 saturated carbocycles. The van der Waals surface area contributed by atoms with Gasteiger partial charge in [-0.1, -0.05) is 6.07 Å². The van der Waals surface area contributed by atoms with E-state index in [2.05, 4.69) is 10.3 Å². The van der Waals surface area contributed by atoms with Gasteiger partial charge in [0.25, 0.3) is 5.56 Å². The van der Waals surface area contributed by atoms with Crippen molar-refractivity contribution in [1.82, 2.24) is 24.0 Å². The minimum absolute atomic E-state index is 0.0644. The first-order valence-corrected chi connectivity index (χ1v) is 8.72. The van der Waals surface area contributed by atoms with Crippen molar-refractivity contribution in [3.8, 4) is 11.5 Å². The van der Waals surface area contributed by atoms with Crippen LogP contribution in [0.15, 0.2) is 34.1 Å². The van der Waals surface area contributed by atoms with Crippen LogP contribution in [0.4, 0.5) is 0 Å². The molecule has 0 bridgehead atoms. The zero-order chi connectivity index (χ0) is 19.8. The van der Waals surface area contributed by atoms with Crippen molar-refractivity contribution in [1.29, 1.82) is 0 Å². The monoisotopic (exact) mass is 385 g/mol. The van der Waals surface area contributed by atoms with Crippen LogP contribution in [0, 0.1) is 0 Å². The molecule has 0 unspecified atom stereocenters. The lowest BCUT2D eigenvalue weighted by molar-refractivity contribution is -0.121. The Labute approximate surface area is 158 Å². The lowest BCUT2D eigenvalue weighted by atomic mass is 10.1. The van der Waals surface area contributed by atoms with Gasteiger partial charge in [0, 0.05) is 20.6 Å². The van der Waals surface area contributed by atoms with E-state index in [-0.39, 0.29) is 30.4 Å². The van der Waals surface area contributed by atoms with Crippen molar-refractivity contribution in [2.24, 2.45) is 14.1 Å². The molecule has 1 aliphatic heterocycles. The highest BCUT2D eigenvalue weighted by atomic mass is 16.7. The molecule has 0 saturated heterocycles. The number of imidazole rings is 1. The zero-order valence-corrected chi connectivity index (χ0v) is 15.5. The molecular formula is C18H19N5O5. The smallest absolute Gasteiger partial charge is 0.332 e. The normalized spacial score (nSPS) is 12.5. The van der Waals surface area contributed by atoms with E-state index in [0.29, 0.717) is 18.7 Å². The minimum atomic E-state index is -0.483. The predicted octanol–water partition coefficient (Wildman–Crippen LogP) is -0.479. The first-order chi connectivity index (χ1) is 13.5. The molecule has 1 N–H and O–H groups in total. The molecule has 0 radical (unpaired) electrons. The standard InChI is InChI=1S/C18H19N5O5/c1-21-16-15(17(25)22(2)18(21)26)23(9-20-16)8-14(24)19-6-5-11-3-4-12-13(7-11)28-10-27-12/h3-4,7,9H,5-6,8,10H2,1-2H3,(H,19,24). The van der Waals surface area contributed by atoms with Gasteiger partial charge in [-0.2, -0.15) is 0 Å². The molecule has 4 rings (SSSR count). The van der Waals surface area contributed by atoms with E-state index in [1.54, 1.807) is 0 Å². The van der Waals surface area contributed by atoms with Crippen LogP contribution in [0.5, 0.6) is 11.5 Å². The highest BCUT2D eigenvalue weighted by molar-refractivity contribution is 5.78. The van der Waals surface area contributed by atoms with Crippen LogP contribution < -0.4 is 26.0 Å². The Morgan fingerprint density at radius 3 is 2.79 bits per heavy atom. The van der Waals surface area contributed by atoms with Crippen molar-refractivity contribution in [2.75, 3.05) is 13.3 Å². The Morgan fingerprint density at radius 1 is 1.18 bits per heavy atom. The Morgan fingerprint density at radius 2 is 1.96 bits per heavy atom. The van der Waals surface area contributed by atoms with Gasteiger partial charge in [-0.25, -0.2) is 9.78 Å². The van der Waals surface area contributed by atoms with Gasteiger partial charge in [0.05, 0.1) is 6.33 Å². The highest BCUT2D eigenvalue weighted by Crippen LogP contribution is 2.32. The number of hydrogen-bond acceptors (Lipinski definition) is 6. The molecule has 1 amide bonds. The Hall–Kier alpha value is -3.56. The van der Waals surface area contributed by atoms with Gasteiger partial charge < -0.3 is 19.4 Å². The van der Waals surface area contributed by atoms with Crippen LogP contribution in [-0.4, -0.2) is 37.9 Å². The molecule has 3 heterocycles. The second-order valence-corrected chi connectivity index (χ2v) is 6.54. The minimum Gasteiger partial charge on any atom is -0.454 e. The number of carbonyl (C=O) groups excluding carboxylic acids is 1. The summed E-state index contributed by atoms with van der Waals surface area (Å²) in [5, 5.41) is 2.82. The number of nitrogens with zero attached hydrogens (tertiary/aromatic N) is 4. The van der Waals surface area contributed by atoms with Crippen molar-refractivity contribution in [2.45, 2.75) is 13.0 Å². The van der Waals surface area contributed by atoms with Crippen molar-refractivity contribution < 1.29 is 14.3 Å². The Balaban J connectivity index is 1.43. The molecule has 0 fully saturated rings. The van der Waals surface area contributed by atoms with Gasteiger partial charge in [0.1, 0.15) is 6.54 Å². The van der Waals surface area contributed by atoms with E-state index in [1.165, 1.54) is 29.6 Å². The molecule has 3 aromatic rings. The van der Waals surface area contributed by atoms with Gasteiger partial charge in [0.2, 0.25) is 12.7 Å². The maximum atomic E-state index is 12.4. The number of rotatable bonds is 5. The number of aromatic nitrogens is 4. The number of hydrogen-bond donors (Lipinski definition) is 1. The number of ether oxygens (including phenoxy) is 2. The average molecular weight is 385 g/mol. The second-order valence-electron chi connectivity index (χ2n) is 6.54. The van der Waals surface area contributed by atoms with Crippen molar-refractivity contribution in [3.05, 3.63) is 50.9 Å². The molecular weight excluding hydrogens is 366 g/mol. The molecule has 0 aliphatic carbocycles. The summed E-state index contributed by atoms with van der Waals surface area (Å²) in [5.41, 5.74) is 0.540. The maximum absolute atomic E-state index is 12.4. The van der Waals surface area contributed by atoms with Gasteiger partial charge in [-0.15, -0.1) is 0 Å². The fourth-order valence-corrected chi connectivity index (χ4v) is 3.17. The van der Waals surface area contributed by atoms with Crippen LogP contribution in [0.2, 0.25) is 0 Å². The summed E-state index contributed by atoms with van der Waals surface area (Å²) in [5.74, 6) is 1.17. The lowest BCUT2D eigenvalue weighted by Gasteiger charge is -2.08. The van der Waals surface area contributed by atoms with Gasteiger partial charge in [0.15, 0.2) is 22.7 Å². The second kappa shape index (κ2) is 6.87. The molecule has 146 valence electrons. The largest absolute Gasteiger partial charge is 0.454 e. The van der Waals surface area contributed by atoms with E-state index in [1.807, 2.05) is 18.2 Å².